The molecule has 1 aromatic heterocycles. The Labute approximate surface area is 113 Å². The van der Waals surface area contributed by atoms with Crippen LogP contribution in [0.3, 0.4) is 0 Å². The SMILES string of the molecule is O=S(=O)(c1ccn[nH]1)N1CCCC1C1CCCNC1. The van der Waals surface area contributed by atoms with Gasteiger partial charge in [0.1, 0.15) is 0 Å². The average Bonchev–Trinajstić information content (AvgIpc) is 3.11. The molecule has 106 valence electrons. The molecule has 19 heavy (non-hydrogen) atoms. The molecule has 2 aliphatic rings. The minimum atomic E-state index is -3.41. The number of H-pyrrole nitrogens is 1. The Bertz CT molecular complexity index is 508. The van der Waals surface area contributed by atoms with E-state index in [9.17, 15) is 8.42 Å². The van der Waals surface area contributed by atoms with Crippen LogP contribution >= 0.6 is 0 Å². The highest BCUT2D eigenvalue weighted by Gasteiger charge is 2.40. The molecule has 0 spiro atoms. The van der Waals surface area contributed by atoms with E-state index in [2.05, 4.69) is 15.5 Å². The molecule has 0 amide bonds. The summed E-state index contributed by atoms with van der Waals surface area (Å²) in [5.41, 5.74) is 0. The highest BCUT2D eigenvalue weighted by Crippen LogP contribution is 2.32. The van der Waals surface area contributed by atoms with Crippen LogP contribution in [0.15, 0.2) is 17.3 Å². The van der Waals surface area contributed by atoms with Gasteiger partial charge in [-0.3, -0.25) is 5.10 Å². The maximum atomic E-state index is 12.6. The van der Waals surface area contributed by atoms with Crippen LogP contribution in [0.4, 0.5) is 0 Å². The van der Waals surface area contributed by atoms with Gasteiger partial charge in [-0.05, 0) is 50.8 Å². The number of aromatic amines is 1. The van der Waals surface area contributed by atoms with E-state index in [4.69, 9.17) is 0 Å². The standard InChI is InChI=1S/C12H20N4O2S/c17-19(18,12-5-7-14-15-12)16-8-2-4-11(16)10-3-1-6-13-9-10/h5,7,10-11,13H,1-4,6,8-9H2,(H,14,15). The summed E-state index contributed by atoms with van der Waals surface area (Å²) in [5.74, 6) is 0.439. The summed E-state index contributed by atoms with van der Waals surface area (Å²) in [6, 6.07) is 1.67. The van der Waals surface area contributed by atoms with Gasteiger partial charge in [0, 0.05) is 12.6 Å². The molecule has 2 unspecified atom stereocenters. The van der Waals surface area contributed by atoms with Crippen LogP contribution in [0.2, 0.25) is 0 Å². The first-order valence-corrected chi connectivity index (χ1v) is 8.35. The fraction of sp³-hybridized carbons (Fsp3) is 0.750. The van der Waals surface area contributed by atoms with Gasteiger partial charge in [-0.2, -0.15) is 9.40 Å². The third-order valence-electron chi connectivity index (χ3n) is 4.19. The van der Waals surface area contributed by atoms with Crippen LogP contribution in [-0.4, -0.2) is 48.6 Å². The summed E-state index contributed by atoms with van der Waals surface area (Å²) in [7, 11) is -3.41. The molecule has 2 fully saturated rings. The summed E-state index contributed by atoms with van der Waals surface area (Å²) in [4.78, 5) is 0. The first-order valence-electron chi connectivity index (χ1n) is 6.91. The normalized spacial score (nSPS) is 29.7. The monoisotopic (exact) mass is 284 g/mol. The lowest BCUT2D eigenvalue weighted by molar-refractivity contribution is 0.238. The van der Waals surface area contributed by atoms with Crippen molar-refractivity contribution in [3.63, 3.8) is 0 Å². The van der Waals surface area contributed by atoms with Crippen molar-refractivity contribution in [2.45, 2.75) is 36.8 Å². The number of piperidine rings is 1. The molecule has 0 aromatic carbocycles. The number of rotatable bonds is 3. The molecule has 7 heteroatoms. The molecule has 0 saturated carbocycles. The van der Waals surface area contributed by atoms with Crippen molar-refractivity contribution >= 4 is 10.0 Å². The molecule has 1 aromatic rings. The van der Waals surface area contributed by atoms with Gasteiger partial charge >= 0.3 is 0 Å². The smallest absolute Gasteiger partial charge is 0.260 e. The van der Waals surface area contributed by atoms with Crippen LogP contribution in [-0.2, 0) is 10.0 Å². The van der Waals surface area contributed by atoms with Crippen LogP contribution < -0.4 is 5.32 Å². The largest absolute Gasteiger partial charge is 0.316 e. The lowest BCUT2D eigenvalue weighted by atomic mass is 9.91. The van der Waals surface area contributed by atoms with Gasteiger partial charge in [0.05, 0.1) is 6.20 Å². The van der Waals surface area contributed by atoms with Crippen LogP contribution in [0, 0.1) is 5.92 Å². The minimum Gasteiger partial charge on any atom is -0.316 e. The van der Waals surface area contributed by atoms with E-state index in [1.165, 1.54) is 12.3 Å². The van der Waals surface area contributed by atoms with Gasteiger partial charge in [-0.1, -0.05) is 0 Å². The molecule has 2 atom stereocenters. The number of hydrogen-bond donors (Lipinski definition) is 2. The predicted octanol–water partition coefficient (Wildman–Crippen LogP) is 0.562. The summed E-state index contributed by atoms with van der Waals surface area (Å²) < 4.78 is 26.8. The molecule has 3 rings (SSSR count). The zero-order valence-electron chi connectivity index (χ0n) is 10.9. The fourth-order valence-corrected chi connectivity index (χ4v) is 4.91. The Hall–Kier alpha value is -0.920. The first kappa shape index (κ1) is 13.1. The van der Waals surface area contributed by atoms with Crippen LogP contribution in [0.5, 0.6) is 0 Å². The third-order valence-corrected chi connectivity index (χ3v) is 6.04. The molecule has 2 aliphatic heterocycles. The summed E-state index contributed by atoms with van der Waals surface area (Å²) in [6.07, 6.45) is 5.67. The van der Waals surface area contributed by atoms with Gasteiger partial charge in [0.2, 0.25) is 0 Å². The summed E-state index contributed by atoms with van der Waals surface area (Å²) in [5, 5.41) is 9.92. The van der Waals surface area contributed by atoms with E-state index < -0.39 is 10.0 Å². The predicted molar refractivity (Wildman–Crippen MR) is 71.1 cm³/mol. The quantitative estimate of drug-likeness (QED) is 0.850. The van der Waals surface area contributed by atoms with E-state index in [0.717, 1.165) is 38.8 Å². The van der Waals surface area contributed by atoms with Crippen molar-refractivity contribution in [3.05, 3.63) is 12.3 Å². The number of hydrogen-bond acceptors (Lipinski definition) is 4. The molecule has 2 saturated heterocycles. The molecule has 0 radical (unpaired) electrons. The molecule has 2 N–H and O–H groups in total. The Morgan fingerprint density at radius 3 is 2.89 bits per heavy atom. The Morgan fingerprint density at radius 1 is 1.32 bits per heavy atom. The second-order valence-corrected chi connectivity index (χ2v) is 7.21. The van der Waals surface area contributed by atoms with E-state index in [1.54, 1.807) is 4.31 Å². The van der Waals surface area contributed by atoms with Crippen LogP contribution in [0.1, 0.15) is 25.7 Å². The van der Waals surface area contributed by atoms with E-state index in [-0.39, 0.29) is 11.1 Å². The summed E-state index contributed by atoms with van der Waals surface area (Å²) in [6.45, 7) is 2.61. The Kier molecular flexibility index (Phi) is 3.60. The third kappa shape index (κ3) is 2.42. The van der Waals surface area contributed by atoms with E-state index in [1.807, 2.05) is 0 Å². The maximum Gasteiger partial charge on any atom is 0.260 e. The van der Waals surface area contributed by atoms with E-state index >= 15 is 0 Å². The number of aromatic nitrogens is 2. The van der Waals surface area contributed by atoms with Crippen LogP contribution in [0.25, 0.3) is 0 Å². The molecule has 6 nitrogen and oxygen atoms in total. The maximum absolute atomic E-state index is 12.6. The zero-order valence-corrected chi connectivity index (χ0v) is 11.7. The molecular formula is C12H20N4O2S. The zero-order chi connectivity index (χ0) is 13.3. The van der Waals surface area contributed by atoms with Crippen molar-refractivity contribution in [1.82, 2.24) is 19.8 Å². The van der Waals surface area contributed by atoms with Gasteiger partial charge in [0.25, 0.3) is 10.0 Å². The second kappa shape index (κ2) is 5.22. The van der Waals surface area contributed by atoms with Gasteiger partial charge in [0.15, 0.2) is 5.03 Å². The molecular weight excluding hydrogens is 264 g/mol. The van der Waals surface area contributed by atoms with Crippen molar-refractivity contribution < 1.29 is 8.42 Å². The van der Waals surface area contributed by atoms with Crippen molar-refractivity contribution in [1.29, 1.82) is 0 Å². The highest BCUT2D eigenvalue weighted by molar-refractivity contribution is 7.89. The summed E-state index contributed by atoms with van der Waals surface area (Å²) >= 11 is 0. The molecule has 3 heterocycles. The number of nitrogens with one attached hydrogen (secondary N) is 2. The first-order chi connectivity index (χ1) is 9.19. The minimum absolute atomic E-state index is 0.140. The van der Waals surface area contributed by atoms with E-state index in [0.29, 0.717) is 12.5 Å². The van der Waals surface area contributed by atoms with Gasteiger partial charge in [-0.15, -0.1) is 0 Å². The van der Waals surface area contributed by atoms with Crippen molar-refractivity contribution in [2.24, 2.45) is 5.92 Å². The van der Waals surface area contributed by atoms with Crippen molar-refractivity contribution in [2.75, 3.05) is 19.6 Å². The second-order valence-electron chi connectivity index (χ2n) is 5.35. The van der Waals surface area contributed by atoms with Crippen molar-refractivity contribution in [3.8, 4) is 0 Å². The Balaban J connectivity index is 1.83. The van der Waals surface area contributed by atoms with Gasteiger partial charge < -0.3 is 5.32 Å². The number of sulfonamides is 1. The molecule has 0 aliphatic carbocycles. The average molecular weight is 284 g/mol. The number of nitrogens with zero attached hydrogens (tertiary/aromatic N) is 2. The lowest BCUT2D eigenvalue weighted by Crippen LogP contribution is -2.45. The Morgan fingerprint density at radius 2 is 2.21 bits per heavy atom. The fourth-order valence-electron chi connectivity index (χ4n) is 3.26. The lowest BCUT2D eigenvalue weighted by Gasteiger charge is -2.33. The highest BCUT2D eigenvalue weighted by atomic mass is 32.2. The van der Waals surface area contributed by atoms with Gasteiger partial charge in [-0.25, -0.2) is 8.42 Å². The topological polar surface area (TPSA) is 78.1 Å². The molecule has 0 bridgehead atoms.